The average molecular weight is 224 g/mol. The summed E-state index contributed by atoms with van der Waals surface area (Å²) in [4.78, 5) is 10.9. The molecule has 0 heterocycles. The summed E-state index contributed by atoms with van der Waals surface area (Å²) in [6.07, 6.45) is 0.329. The van der Waals surface area contributed by atoms with E-state index in [9.17, 15) is 4.79 Å². The molecule has 0 bridgehead atoms. The third-order valence-electron chi connectivity index (χ3n) is 2.29. The predicted molar refractivity (Wildman–Crippen MR) is 60.4 cm³/mol. The van der Waals surface area contributed by atoms with Gasteiger partial charge in [0.1, 0.15) is 11.5 Å². The Labute approximate surface area is 94.3 Å². The molecule has 1 unspecified atom stereocenters. The topological polar surface area (TPSA) is 87.6 Å². The predicted octanol–water partition coefficient (Wildman–Crippen LogP) is 0.0589. The lowest BCUT2D eigenvalue weighted by molar-refractivity contribution is -0.119. The molecule has 1 aromatic rings. The van der Waals surface area contributed by atoms with Gasteiger partial charge < -0.3 is 20.9 Å². The van der Waals surface area contributed by atoms with E-state index in [1.54, 1.807) is 32.4 Å². The van der Waals surface area contributed by atoms with Crippen molar-refractivity contribution in [2.75, 3.05) is 14.2 Å². The van der Waals surface area contributed by atoms with Crippen molar-refractivity contribution in [3.8, 4) is 11.5 Å². The maximum Gasteiger partial charge on any atom is 0.234 e. The van der Waals surface area contributed by atoms with Gasteiger partial charge >= 0.3 is 0 Å². The summed E-state index contributed by atoms with van der Waals surface area (Å²) in [6, 6.07) is 4.60. The molecule has 0 spiro atoms. The highest BCUT2D eigenvalue weighted by molar-refractivity contribution is 5.80. The van der Waals surface area contributed by atoms with Gasteiger partial charge in [0.05, 0.1) is 20.3 Å². The Hall–Kier alpha value is -1.75. The maximum absolute atomic E-state index is 10.9. The van der Waals surface area contributed by atoms with Crippen LogP contribution in [0.3, 0.4) is 0 Å². The first kappa shape index (κ1) is 12.3. The Kier molecular flexibility index (Phi) is 4.13. The molecule has 16 heavy (non-hydrogen) atoms. The number of hydrogen-bond donors (Lipinski definition) is 2. The lowest BCUT2D eigenvalue weighted by atomic mass is 10.0. The molecule has 0 fully saturated rings. The SMILES string of the molecule is COc1ccc(OC)c(CC(N)C(N)=O)c1. The molecule has 1 atom stereocenters. The Morgan fingerprint density at radius 1 is 1.38 bits per heavy atom. The van der Waals surface area contributed by atoms with Crippen molar-refractivity contribution in [2.45, 2.75) is 12.5 Å². The molecular weight excluding hydrogens is 208 g/mol. The molecule has 1 amide bonds. The standard InChI is InChI=1S/C11H16N2O3/c1-15-8-3-4-10(16-2)7(5-8)6-9(12)11(13)14/h3-5,9H,6,12H2,1-2H3,(H2,13,14). The summed E-state index contributed by atoms with van der Waals surface area (Å²) in [7, 11) is 3.13. The van der Waals surface area contributed by atoms with Gasteiger partial charge in [0, 0.05) is 6.42 Å². The first-order valence-corrected chi connectivity index (χ1v) is 4.84. The van der Waals surface area contributed by atoms with Crippen molar-refractivity contribution in [1.29, 1.82) is 0 Å². The number of ether oxygens (including phenoxy) is 2. The van der Waals surface area contributed by atoms with Gasteiger partial charge in [0.2, 0.25) is 5.91 Å². The van der Waals surface area contributed by atoms with Crippen LogP contribution < -0.4 is 20.9 Å². The molecule has 0 saturated carbocycles. The van der Waals surface area contributed by atoms with E-state index in [-0.39, 0.29) is 0 Å². The number of primary amides is 1. The number of carbonyl (C=O) groups excluding carboxylic acids is 1. The van der Waals surface area contributed by atoms with Gasteiger partial charge in [0.15, 0.2) is 0 Å². The monoisotopic (exact) mass is 224 g/mol. The van der Waals surface area contributed by atoms with Crippen LogP contribution in [0.1, 0.15) is 5.56 Å². The largest absolute Gasteiger partial charge is 0.497 e. The fourth-order valence-electron chi connectivity index (χ4n) is 1.38. The minimum atomic E-state index is -0.721. The van der Waals surface area contributed by atoms with E-state index in [0.717, 1.165) is 5.56 Å². The molecule has 0 aliphatic carbocycles. The summed E-state index contributed by atoms with van der Waals surface area (Å²) in [5.74, 6) is 0.815. The molecule has 1 rings (SSSR count). The molecular formula is C11H16N2O3. The zero-order valence-electron chi connectivity index (χ0n) is 9.40. The van der Waals surface area contributed by atoms with Crippen LogP contribution >= 0.6 is 0 Å². The number of benzene rings is 1. The number of rotatable bonds is 5. The normalized spacial score (nSPS) is 11.9. The fraction of sp³-hybridized carbons (Fsp3) is 0.364. The molecule has 5 heteroatoms. The molecule has 0 saturated heterocycles. The van der Waals surface area contributed by atoms with Gasteiger partial charge in [-0.05, 0) is 23.8 Å². The van der Waals surface area contributed by atoms with E-state index in [2.05, 4.69) is 0 Å². The molecule has 1 aromatic carbocycles. The Morgan fingerprint density at radius 2 is 2.06 bits per heavy atom. The zero-order chi connectivity index (χ0) is 12.1. The molecule has 0 radical (unpaired) electrons. The number of carbonyl (C=O) groups is 1. The van der Waals surface area contributed by atoms with E-state index in [1.807, 2.05) is 0 Å². The zero-order valence-corrected chi connectivity index (χ0v) is 9.40. The van der Waals surface area contributed by atoms with Crippen LogP contribution in [0.2, 0.25) is 0 Å². The van der Waals surface area contributed by atoms with E-state index < -0.39 is 11.9 Å². The second-order valence-corrected chi connectivity index (χ2v) is 3.39. The second kappa shape index (κ2) is 5.37. The van der Waals surface area contributed by atoms with E-state index in [0.29, 0.717) is 17.9 Å². The highest BCUT2D eigenvalue weighted by Crippen LogP contribution is 2.24. The van der Waals surface area contributed by atoms with E-state index in [4.69, 9.17) is 20.9 Å². The summed E-state index contributed by atoms with van der Waals surface area (Å²) in [5, 5.41) is 0. The lowest BCUT2D eigenvalue weighted by Gasteiger charge is -2.12. The number of amides is 1. The third kappa shape index (κ3) is 2.87. The number of nitrogens with two attached hydrogens (primary N) is 2. The minimum absolute atomic E-state index is 0.329. The lowest BCUT2D eigenvalue weighted by Crippen LogP contribution is -2.38. The Bertz CT molecular complexity index is 379. The van der Waals surface area contributed by atoms with Crippen molar-refractivity contribution in [1.82, 2.24) is 0 Å². The Balaban J connectivity index is 2.95. The first-order chi connectivity index (χ1) is 7.58. The Morgan fingerprint density at radius 3 is 2.56 bits per heavy atom. The number of methoxy groups -OCH3 is 2. The van der Waals surface area contributed by atoms with E-state index in [1.165, 1.54) is 0 Å². The molecule has 5 nitrogen and oxygen atoms in total. The van der Waals surface area contributed by atoms with Crippen molar-refractivity contribution in [2.24, 2.45) is 11.5 Å². The molecule has 4 N–H and O–H groups in total. The van der Waals surface area contributed by atoms with Gasteiger partial charge in [-0.25, -0.2) is 0 Å². The summed E-state index contributed by atoms with van der Waals surface area (Å²) in [5.41, 5.74) is 11.5. The third-order valence-corrected chi connectivity index (χ3v) is 2.29. The fourth-order valence-corrected chi connectivity index (χ4v) is 1.38. The van der Waals surface area contributed by atoms with E-state index >= 15 is 0 Å². The molecule has 88 valence electrons. The minimum Gasteiger partial charge on any atom is -0.497 e. The van der Waals surface area contributed by atoms with Gasteiger partial charge in [-0.2, -0.15) is 0 Å². The van der Waals surface area contributed by atoms with Gasteiger partial charge in [-0.3, -0.25) is 4.79 Å². The molecule has 0 aliphatic rings. The quantitative estimate of drug-likeness (QED) is 0.740. The number of hydrogen-bond acceptors (Lipinski definition) is 4. The molecule has 0 aromatic heterocycles. The van der Waals surface area contributed by atoms with Gasteiger partial charge in [-0.1, -0.05) is 0 Å². The first-order valence-electron chi connectivity index (χ1n) is 4.84. The summed E-state index contributed by atoms with van der Waals surface area (Å²) < 4.78 is 10.2. The van der Waals surface area contributed by atoms with Gasteiger partial charge in [0.25, 0.3) is 0 Å². The average Bonchev–Trinajstić information content (AvgIpc) is 2.28. The summed E-state index contributed by atoms with van der Waals surface area (Å²) in [6.45, 7) is 0. The van der Waals surface area contributed by atoms with Crippen LogP contribution in [0.25, 0.3) is 0 Å². The van der Waals surface area contributed by atoms with Crippen LogP contribution in [0.4, 0.5) is 0 Å². The van der Waals surface area contributed by atoms with Crippen LogP contribution in [0, 0.1) is 0 Å². The van der Waals surface area contributed by atoms with Crippen LogP contribution in [0.15, 0.2) is 18.2 Å². The van der Waals surface area contributed by atoms with Crippen LogP contribution in [-0.4, -0.2) is 26.2 Å². The summed E-state index contributed by atoms with van der Waals surface area (Å²) >= 11 is 0. The highest BCUT2D eigenvalue weighted by atomic mass is 16.5. The highest BCUT2D eigenvalue weighted by Gasteiger charge is 2.14. The second-order valence-electron chi connectivity index (χ2n) is 3.39. The van der Waals surface area contributed by atoms with Gasteiger partial charge in [-0.15, -0.1) is 0 Å². The van der Waals surface area contributed by atoms with Crippen LogP contribution in [0.5, 0.6) is 11.5 Å². The van der Waals surface area contributed by atoms with Crippen molar-refractivity contribution in [3.05, 3.63) is 23.8 Å². The van der Waals surface area contributed by atoms with Crippen LogP contribution in [-0.2, 0) is 11.2 Å². The van der Waals surface area contributed by atoms with Crippen molar-refractivity contribution in [3.63, 3.8) is 0 Å². The van der Waals surface area contributed by atoms with Crippen molar-refractivity contribution >= 4 is 5.91 Å². The molecule has 0 aliphatic heterocycles. The maximum atomic E-state index is 10.9. The van der Waals surface area contributed by atoms with Crippen molar-refractivity contribution < 1.29 is 14.3 Å². The smallest absolute Gasteiger partial charge is 0.234 e.